The predicted octanol–water partition coefficient (Wildman–Crippen LogP) is 0.939. The van der Waals surface area contributed by atoms with Gasteiger partial charge in [0.25, 0.3) is 0 Å². The molecule has 34 heavy (non-hydrogen) atoms. The van der Waals surface area contributed by atoms with Crippen molar-refractivity contribution in [2.24, 2.45) is 0 Å². The van der Waals surface area contributed by atoms with Crippen LogP contribution < -0.4 is 4.72 Å². The number of nitrogens with zero attached hydrogens (tertiary/aromatic N) is 1. The molecule has 2 aromatic carbocycles. The van der Waals surface area contributed by atoms with Crippen LogP contribution in [0.25, 0.3) is 0 Å². The zero-order valence-corrected chi connectivity index (χ0v) is 21.5. The van der Waals surface area contributed by atoms with Crippen LogP contribution in [0.2, 0.25) is 0 Å². The molecule has 2 atom stereocenters. The van der Waals surface area contributed by atoms with E-state index in [0.29, 0.717) is 6.42 Å². The van der Waals surface area contributed by atoms with Gasteiger partial charge in [0.05, 0.1) is 33.4 Å². The van der Waals surface area contributed by atoms with Crippen molar-refractivity contribution >= 4 is 29.9 Å². The van der Waals surface area contributed by atoms with E-state index in [9.17, 15) is 30.4 Å². The summed E-state index contributed by atoms with van der Waals surface area (Å²) in [5.74, 6) is -1.08. The number of benzene rings is 2. The first-order valence-corrected chi connectivity index (χ1v) is 15.7. The molecule has 0 unspecified atom stereocenters. The lowest BCUT2D eigenvalue weighted by Gasteiger charge is -2.29. The third-order valence-electron chi connectivity index (χ3n) is 5.87. The van der Waals surface area contributed by atoms with Crippen LogP contribution in [0.5, 0.6) is 0 Å². The lowest BCUT2D eigenvalue weighted by Crippen LogP contribution is -2.49. The molecule has 0 radical (unpaired) electrons. The third-order valence-corrected chi connectivity index (χ3v) is 11.0. The van der Waals surface area contributed by atoms with Crippen LogP contribution in [0.3, 0.4) is 0 Å². The SMILES string of the molecule is CCc1ccc(S(=O)(=O)NCCN([C@H]2CS(=O)(=O)C[C@H]2O)S(=O)(=O)c2ccc(CC)cc2)cc1. The average molecular weight is 531 g/mol. The van der Waals surface area contributed by atoms with Crippen molar-refractivity contribution in [1.29, 1.82) is 0 Å². The van der Waals surface area contributed by atoms with Crippen molar-refractivity contribution in [3.05, 3.63) is 59.7 Å². The Morgan fingerprint density at radius 3 is 1.82 bits per heavy atom. The molecular formula is C22H30N2O7S3. The van der Waals surface area contributed by atoms with Crippen molar-refractivity contribution < 1.29 is 30.4 Å². The molecule has 0 aliphatic carbocycles. The highest BCUT2D eigenvalue weighted by atomic mass is 32.2. The summed E-state index contributed by atoms with van der Waals surface area (Å²) in [6.07, 6.45) is 0.0600. The molecule has 1 heterocycles. The highest BCUT2D eigenvalue weighted by Crippen LogP contribution is 2.25. The van der Waals surface area contributed by atoms with Crippen LogP contribution in [0.15, 0.2) is 58.3 Å². The van der Waals surface area contributed by atoms with E-state index in [1.807, 2.05) is 13.8 Å². The lowest BCUT2D eigenvalue weighted by atomic mass is 10.2. The van der Waals surface area contributed by atoms with Gasteiger partial charge in [-0.2, -0.15) is 4.31 Å². The smallest absolute Gasteiger partial charge is 0.243 e. The van der Waals surface area contributed by atoms with E-state index < -0.39 is 53.5 Å². The molecule has 0 saturated carbocycles. The number of sulfonamides is 2. The van der Waals surface area contributed by atoms with Gasteiger partial charge >= 0.3 is 0 Å². The fourth-order valence-electron chi connectivity index (χ4n) is 3.86. The van der Waals surface area contributed by atoms with Crippen molar-refractivity contribution in [3.63, 3.8) is 0 Å². The summed E-state index contributed by atoms with van der Waals surface area (Å²) in [7, 11) is -11.8. The minimum absolute atomic E-state index is 0.0396. The van der Waals surface area contributed by atoms with Gasteiger partial charge in [-0.3, -0.25) is 0 Å². The van der Waals surface area contributed by atoms with E-state index in [2.05, 4.69) is 4.72 Å². The van der Waals surface area contributed by atoms with Crippen molar-refractivity contribution in [2.75, 3.05) is 24.6 Å². The molecule has 0 amide bonds. The molecule has 1 aliphatic heterocycles. The van der Waals surface area contributed by atoms with Crippen molar-refractivity contribution in [2.45, 2.75) is 48.6 Å². The molecule has 188 valence electrons. The van der Waals surface area contributed by atoms with Gasteiger partial charge in [0.2, 0.25) is 20.0 Å². The zero-order valence-electron chi connectivity index (χ0n) is 19.1. The fraction of sp³-hybridized carbons (Fsp3) is 0.455. The number of hydrogen-bond acceptors (Lipinski definition) is 7. The number of aryl methyl sites for hydroxylation is 2. The van der Waals surface area contributed by atoms with Crippen LogP contribution in [0.1, 0.15) is 25.0 Å². The maximum atomic E-state index is 13.4. The third kappa shape index (κ3) is 6.04. The lowest BCUT2D eigenvalue weighted by molar-refractivity contribution is 0.128. The molecule has 1 aliphatic rings. The second-order valence-electron chi connectivity index (χ2n) is 8.22. The molecule has 3 rings (SSSR count). The predicted molar refractivity (Wildman–Crippen MR) is 129 cm³/mol. The summed E-state index contributed by atoms with van der Waals surface area (Å²) in [4.78, 5) is -0.0167. The van der Waals surface area contributed by atoms with Gasteiger partial charge in [0.15, 0.2) is 9.84 Å². The summed E-state index contributed by atoms with van der Waals surface area (Å²) >= 11 is 0. The fourth-order valence-corrected chi connectivity index (χ4v) is 8.43. The number of rotatable bonds is 10. The minimum Gasteiger partial charge on any atom is -0.390 e. The van der Waals surface area contributed by atoms with Crippen molar-refractivity contribution in [1.82, 2.24) is 9.03 Å². The monoisotopic (exact) mass is 530 g/mol. The summed E-state index contributed by atoms with van der Waals surface area (Å²) in [5.41, 5.74) is 1.90. The topological polar surface area (TPSA) is 138 Å². The average Bonchev–Trinajstić information content (AvgIpc) is 3.08. The molecule has 2 N–H and O–H groups in total. The normalized spacial score (nSPS) is 20.6. The molecule has 9 nitrogen and oxygen atoms in total. The maximum absolute atomic E-state index is 13.4. The number of sulfone groups is 1. The van der Waals surface area contributed by atoms with Crippen LogP contribution >= 0.6 is 0 Å². The Labute approximate surface area is 201 Å². The van der Waals surface area contributed by atoms with E-state index in [0.717, 1.165) is 21.9 Å². The van der Waals surface area contributed by atoms with Gasteiger partial charge in [-0.1, -0.05) is 38.1 Å². The number of hydrogen-bond donors (Lipinski definition) is 2. The van der Waals surface area contributed by atoms with Crippen LogP contribution in [0, 0.1) is 0 Å². The summed E-state index contributed by atoms with van der Waals surface area (Å²) in [6, 6.07) is 11.3. The van der Waals surface area contributed by atoms with Gasteiger partial charge in [-0.15, -0.1) is 0 Å². The zero-order chi connectivity index (χ0) is 25.1. The first-order valence-electron chi connectivity index (χ1n) is 11.0. The molecule has 0 bridgehead atoms. The van der Waals surface area contributed by atoms with E-state index in [1.165, 1.54) is 24.3 Å². The second-order valence-corrected chi connectivity index (χ2v) is 14.0. The molecule has 0 spiro atoms. The number of aliphatic hydroxyl groups excluding tert-OH is 1. The van der Waals surface area contributed by atoms with Crippen LogP contribution in [-0.2, 0) is 42.7 Å². The Kier molecular flexibility index (Phi) is 8.21. The minimum atomic E-state index is -4.21. The van der Waals surface area contributed by atoms with Gasteiger partial charge < -0.3 is 5.11 Å². The van der Waals surface area contributed by atoms with Crippen molar-refractivity contribution in [3.8, 4) is 0 Å². The Balaban J connectivity index is 1.85. The Hall–Kier alpha value is -1.83. The summed E-state index contributed by atoms with van der Waals surface area (Å²) in [5, 5.41) is 10.4. The number of aliphatic hydroxyl groups is 1. The first kappa shape index (κ1) is 26.8. The highest BCUT2D eigenvalue weighted by molar-refractivity contribution is 7.92. The van der Waals surface area contributed by atoms with E-state index in [4.69, 9.17) is 0 Å². The van der Waals surface area contributed by atoms with Crippen LogP contribution in [0.4, 0.5) is 0 Å². The molecular weight excluding hydrogens is 500 g/mol. The van der Waals surface area contributed by atoms with Gasteiger partial charge in [-0.25, -0.2) is 30.0 Å². The largest absolute Gasteiger partial charge is 0.390 e. The molecule has 2 aromatic rings. The number of nitrogens with one attached hydrogen (secondary N) is 1. The van der Waals surface area contributed by atoms with Crippen LogP contribution in [-0.4, -0.2) is 71.4 Å². The first-order chi connectivity index (χ1) is 15.9. The summed E-state index contributed by atoms with van der Waals surface area (Å²) in [6.45, 7) is 3.23. The Morgan fingerprint density at radius 1 is 0.882 bits per heavy atom. The molecule has 1 fully saturated rings. The standard InChI is InChI=1S/C22H30N2O7S3/c1-3-17-5-9-19(10-6-17)33(28,29)23-13-14-24(21-15-32(26,27)16-22(21)25)34(30,31)20-11-7-18(4-2)8-12-20/h5-12,21-23,25H,3-4,13-16H2,1-2H3/t21-,22+/m0/s1. The van der Waals surface area contributed by atoms with E-state index in [1.54, 1.807) is 24.3 Å². The quantitative estimate of drug-likeness (QED) is 0.466. The highest BCUT2D eigenvalue weighted by Gasteiger charge is 2.44. The second kappa shape index (κ2) is 10.4. The van der Waals surface area contributed by atoms with Gasteiger partial charge in [-0.05, 0) is 48.2 Å². The van der Waals surface area contributed by atoms with E-state index in [-0.39, 0.29) is 22.9 Å². The van der Waals surface area contributed by atoms with Gasteiger partial charge in [0, 0.05) is 13.1 Å². The molecule has 12 heteroatoms. The molecule has 1 saturated heterocycles. The van der Waals surface area contributed by atoms with E-state index >= 15 is 0 Å². The maximum Gasteiger partial charge on any atom is 0.243 e. The Morgan fingerprint density at radius 2 is 1.38 bits per heavy atom. The molecule has 0 aromatic heterocycles. The van der Waals surface area contributed by atoms with Gasteiger partial charge in [0.1, 0.15) is 0 Å². The Bertz CT molecular complexity index is 1310. The summed E-state index contributed by atoms with van der Waals surface area (Å²) < 4.78 is 79.6.